The van der Waals surface area contributed by atoms with Gasteiger partial charge in [-0.3, -0.25) is 4.79 Å². The molecule has 0 bridgehead atoms. The van der Waals surface area contributed by atoms with Gasteiger partial charge >= 0.3 is 5.97 Å². The predicted molar refractivity (Wildman–Crippen MR) is 90.7 cm³/mol. The molecule has 0 radical (unpaired) electrons. The molecule has 1 aromatic rings. The first-order valence-corrected chi connectivity index (χ1v) is 9.82. The summed E-state index contributed by atoms with van der Waals surface area (Å²) in [6, 6.07) is 8.01. The summed E-state index contributed by atoms with van der Waals surface area (Å²) in [5, 5.41) is 0. The maximum absolute atomic E-state index is 12.2. The minimum absolute atomic E-state index is 0.152. The fourth-order valence-corrected chi connectivity index (χ4v) is 3.69. The van der Waals surface area contributed by atoms with Crippen molar-refractivity contribution < 1.29 is 17.9 Å². The third-order valence-electron chi connectivity index (χ3n) is 2.56. The number of halogens is 1. The largest absolute Gasteiger partial charge is 0.462 e. The number of nitrogens with one attached hydrogen (secondary N) is 1. The molecule has 0 unspecified atom stereocenters. The highest BCUT2D eigenvalue weighted by Gasteiger charge is 2.26. The van der Waals surface area contributed by atoms with E-state index in [-0.39, 0.29) is 11.9 Å². The number of alkyl halides is 1. The van der Waals surface area contributed by atoms with Crippen molar-refractivity contribution in [1.29, 1.82) is 0 Å². The van der Waals surface area contributed by atoms with Gasteiger partial charge in [0.2, 0.25) is 10.0 Å². The maximum Gasteiger partial charge on any atom is 0.324 e. The highest BCUT2D eigenvalue weighted by Crippen LogP contribution is 2.08. The molecule has 1 rings (SSSR count). The summed E-state index contributed by atoms with van der Waals surface area (Å²) in [7, 11) is -3.59. The summed E-state index contributed by atoms with van der Waals surface area (Å²) in [5.41, 5.74) is 0.676. The van der Waals surface area contributed by atoms with Crippen molar-refractivity contribution in [2.24, 2.45) is 0 Å². The second-order valence-corrected chi connectivity index (χ2v) is 7.71. The Hall–Kier alpha value is -0.670. The highest BCUT2D eigenvalue weighted by molar-refractivity contribution is 14.1. The Morgan fingerprint density at radius 1 is 1.29 bits per heavy atom. The molecular formula is C14H20INO4S. The fraction of sp³-hybridized carbons (Fsp3) is 0.500. The summed E-state index contributed by atoms with van der Waals surface area (Å²) in [5.74, 6) is -0.682. The van der Waals surface area contributed by atoms with E-state index in [1.165, 1.54) is 0 Å². The summed E-state index contributed by atoms with van der Waals surface area (Å²) >= 11 is 2.10. The Morgan fingerprint density at radius 2 is 1.90 bits per heavy atom. The molecule has 0 aliphatic heterocycles. The van der Waals surface area contributed by atoms with Crippen molar-refractivity contribution in [3.63, 3.8) is 0 Å². The van der Waals surface area contributed by atoms with Crippen LogP contribution in [0.5, 0.6) is 0 Å². The van der Waals surface area contributed by atoms with Gasteiger partial charge in [-0.15, -0.1) is 0 Å². The molecule has 5 nitrogen and oxygen atoms in total. The molecule has 0 heterocycles. The zero-order valence-corrected chi connectivity index (χ0v) is 15.1. The lowest BCUT2D eigenvalue weighted by atomic mass is 10.2. The van der Waals surface area contributed by atoms with E-state index in [1.807, 2.05) is 6.07 Å². The van der Waals surface area contributed by atoms with Crippen molar-refractivity contribution in [2.75, 3.05) is 4.43 Å². The molecule has 0 saturated carbocycles. The lowest BCUT2D eigenvalue weighted by Crippen LogP contribution is -2.43. The monoisotopic (exact) mass is 425 g/mol. The summed E-state index contributed by atoms with van der Waals surface area (Å²) in [6.07, 6.45) is 0.132. The first-order valence-electron chi connectivity index (χ1n) is 6.64. The number of rotatable bonds is 8. The Bertz CT molecular complexity index is 545. The van der Waals surface area contributed by atoms with Crippen LogP contribution in [0, 0.1) is 0 Å². The molecule has 0 amide bonds. The van der Waals surface area contributed by atoms with E-state index < -0.39 is 22.0 Å². The van der Waals surface area contributed by atoms with Crippen LogP contribution < -0.4 is 4.72 Å². The summed E-state index contributed by atoms with van der Waals surface area (Å²) in [4.78, 5) is 11.9. The van der Waals surface area contributed by atoms with Crippen LogP contribution in [0.4, 0.5) is 0 Å². The molecular weight excluding hydrogens is 405 g/mol. The molecule has 7 heteroatoms. The molecule has 0 saturated heterocycles. The standard InChI is InChI=1S/C14H20INO4S/c1-11(2)20-14(17)13(8-9-15)16-21(18,19)10-12-6-4-3-5-7-12/h3-7,11,13,16H,8-10H2,1-2H3/t13-/m0/s1. The molecule has 0 aliphatic rings. The average Bonchev–Trinajstić information content (AvgIpc) is 2.37. The van der Waals surface area contributed by atoms with Gasteiger partial charge in [0.15, 0.2) is 0 Å². The average molecular weight is 425 g/mol. The maximum atomic E-state index is 12.2. The molecule has 0 aromatic heterocycles. The lowest BCUT2D eigenvalue weighted by molar-refractivity contribution is -0.149. The summed E-state index contributed by atoms with van der Waals surface area (Å²) < 4.78 is 32.5. The number of carbonyl (C=O) groups is 1. The quantitative estimate of drug-likeness (QED) is 0.394. The van der Waals surface area contributed by atoms with Gasteiger partial charge in [-0.2, -0.15) is 0 Å². The first-order chi connectivity index (χ1) is 9.84. The van der Waals surface area contributed by atoms with Gasteiger partial charge in [-0.05, 0) is 25.8 Å². The third-order valence-corrected chi connectivity index (χ3v) is 4.54. The van der Waals surface area contributed by atoms with E-state index in [4.69, 9.17) is 4.74 Å². The SMILES string of the molecule is CC(C)OC(=O)[C@H](CCI)NS(=O)(=O)Cc1ccccc1. The van der Waals surface area contributed by atoms with Crippen LogP contribution in [-0.4, -0.2) is 31.0 Å². The van der Waals surface area contributed by atoms with Crippen molar-refractivity contribution in [1.82, 2.24) is 4.72 Å². The topological polar surface area (TPSA) is 72.5 Å². The predicted octanol–water partition coefficient (Wildman–Crippen LogP) is 2.25. The number of sulfonamides is 1. The zero-order chi connectivity index (χ0) is 15.9. The molecule has 0 spiro atoms. The smallest absolute Gasteiger partial charge is 0.324 e. The fourth-order valence-electron chi connectivity index (χ4n) is 1.70. The van der Waals surface area contributed by atoms with Gasteiger partial charge in [0, 0.05) is 4.43 Å². The van der Waals surface area contributed by atoms with Gasteiger partial charge in [0.25, 0.3) is 0 Å². The van der Waals surface area contributed by atoms with Crippen LogP contribution >= 0.6 is 22.6 Å². The van der Waals surface area contributed by atoms with E-state index in [0.29, 0.717) is 16.4 Å². The Labute approximate surface area is 139 Å². The number of hydrogen-bond acceptors (Lipinski definition) is 4. The van der Waals surface area contributed by atoms with Gasteiger partial charge < -0.3 is 4.74 Å². The molecule has 1 aromatic carbocycles. The van der Waals surface area contributed by atoms with E-state index in [2.05, 4.69) is 27.3 Å². The zero-order valence-electron chi connectivity index (χ0n) is 12.1. The van der Waals surface area contributed by atoms with Gasteiger partial charge in [-0.25, -0.2) is 13.1 Å². The Balaban J connectivity index is 2.75. The minimum atomic E-state index is -3.59. The molecule has 0 aliphatic carbocycles. The highest BCUT2D eigenvalue weighted by atomic mass is 127. The number of benzene rings is 1. The van der Waals surface area contributed by atoms with Crippen molar-refractivity contribution in [3.8, 4) is 0 Å². The number of ether oxygens (including phenoxy) is 1. The molecule has 1 N–H and O–H groups in total. The molecule has 21 heavy (non-hydrogen) atoms. The molecule has 118 valence electrons. The van der Waals surface area contributed by atoms with Gasteiger partial charge in [0.1, 0.15) is 6.04 Å². The lowest BCUT2D eigenvalue weighted by Gasteiger charge is -2.18. The minimum Gasteiger partial charge on any atom is -0.462 e. The number of hydrogen-bond donors (Lipinski definition) is 1. The Morgan fingerprint density at radius 3 is 2.43 bits per heavy atom. The first kappa shape index (κ1) is 18.4. The van der Waals surface area contributed by atoms with E-state index in [0.717, 1.165) is 0 Å². The second kappa shape index (κ2) is 8.70. The normalized spacial score (nSPS) is 13.1. The van der Waals surface area contributed by atoms with E-state index in [1.54, 1.807) is 38.1 Å². The second-order valence-electron chi connectivity index (χ2n) is 4.88. The van der Waals surface area contributed by atoms with Crippen molar-refractivity contribution in [3.05, 3.63) is 35.9 Å². The van der Waals surface area contributed by atoms with E-state index in [9.17, 15) is 13.2 Å². The van der Waals surface area contributed by atoms with Crippen LogP contribution in [-0.2, 0) is 25.3 Å². The van der Waals surface area contributed by atoms with Crippen molar-refractivity contribution in [2.45, 2.75) is 38.2 Å². The van der Waals surface area contributed by atoms with Gasteiger partial charge in [0.05, 0.1) is 11.9 Å². The number of esters is 1. The third kappa shape index (κ3) is 7.23. The van der Waals surface area contributed by atoms with Crippen LogP contribution in [0.15, 0.2) is 30.3 Å². The summed E-state index contributed by atoms with van der Waals surface area (Å²) in [6.45, 7) is 3.47. The van der Waals surface area contributed by atoms with E-state index >= 15 is 0 Å². The van der Waals surface area contributed by atoms with Crippen LogP contribution in [0.25, 0.3) is 0 Å². The van der Waals surface area contributed by atoms with Crippen LogP contribution in [0.3, 0.4) is 0 Å². The molecule has 1 atom stereocenters. The van der Waals surface area contributed by atoms with Crippen LogP contribution in [0.1, 0.15) is 25.8 Å². The van der Waals surface area contributed by atoms with Crippen LogP contribution in [0.2, 0.25) is 0 Å². The van der Waals surface area contributed by atoms with Crippen molar-refractivity contribution >= 4 is 38.6 Å². The van der Waals surface area contributed by atoms with Gasteiger partial charge in [-0.1, -0.05) is 52.9 Å². The molecule has 0 fully saturated rings. The number of carbonyl (C=O) groups excluding carboxylic acids is 1. The Kier molecular flexibility index (Phi) is 7.61.